The summed E-state index contributed by atoms with van der Waals surface area (Å²) in [4.78, 5) is 24.2. The van der Waals surface area contributed by atoms with Gasteiger partial charge in [-0.1, -0.05) is 95.7 Å². The molecule has 5 atom stereocenters. The van der Waals surface area contributed by atoms with Gasteiger partial charge in [0.25, 0.3) is 0 Å². The second-order valence-corrected chi connectivity index (χ2v) is 12.3. The third-order valence-corrected chi connectivity index (χ3v) is 8.76. The number of carbonyl (C=O) groups is 1. The summed E-state index contributed by atoms with van der Waals surface area (Å²) in [5.74, 6) is 0.400. The summed E-state index contributed by atoms with van der Waals surface area (Å²) in [5, 5.41) is 32.0. The highest BCUT2D eigenvalue weighted by Crippen LogP contribution is 2.29. The highest BCUT2D eigenvalue weighted by molar-refractivity contribution is 8.13. The minimum Gasteiger partial charge on any atom is -0.462 e. The van der Waals surface area contributed by atoms with Crippen molar-refractivity contribution in [1.29, 1.82) is 0 Å². The van der Waals surface area contributed by atoms with Gasteiger partial charge in [-0.2, -0.15) is 0 Å². The van der Waals surface area contributed by atoms with Crippen molar-refractivity contribution in [3.05, 3.63) is 40.2 Å². The zero-order chi connectivity index (χ0) is 29.6. The van der Waals surface area contributed by atoms with Crippen LogP contribution in [0.25, 0.3) is 11.0 Å². The van der Waals surface area contributed by atoms with Gasteiger partial charge < -0.3 is 29.2 Å². The number of thioether (sulfide) groups is 1. The average molecular weight is 593 g/mol. The molecule has 0 bridgehead atoms. The standard InChI is InChI=1S/C32H48O8S/c1-3-4-5-6-7-8-9-10-11-12-13-14-15-16-28(34)41-21-26-29(35)30(36)31(37)32(40-26)38-23-17-18-24-22(2)19-27(33)39-25(24)20-23/h17-20,26,29-32,35-37H,3-16,21H2,1-2H3/t26?,29-,30?,31?,32+/m0/s1. The molecule has 0 radical (unpaired) electrons. The first-order chi connectivity index (χ1) is 19.8. The molecular formula is C32H48O8S. The van der Waals surface area contributed by atoms with Crippen LogP contribution in [0.15, 0.2) is 33.5 Å². The molecule has 3 unspecified atom stereocenters. The van der Waals surface area contributed by atoms with Crippen LogP contribution in [0.1, 0.15) is 102 Å². The lowest BCUT2D eigenvalue weighted by Crippen LogP contribution is -2.59. The summed E-state index contributed by atoms with van der Waals surface area (Å²) >= 11 is 1.07. The summed E-state index contributed by atoms with van der Waals surface area (Å²) < 4.78 is 16.8. The number of aryl methyl sites for hydroxylation is 1. The van der Waals surface area contributed by atoms with Crippen LogP contribution in [0.2, 0.25) is 0 Å². The smallest absolute Gasteiger partial charge is 0.336 e. The Hall–Kier alpha value is -1.91. The topological polar surface area (TPSA) is 126 Å². The fraction of sp³-hybridized carbons (Fsp3) is 0.688. The Balaban J connectivity index is 1.34. The number of aliphatic hydroxyl groups is 3. The molecule has 8 nitrogen and oxygen atoms in total. The van der Waals surface area contributed by atoms with Crippen molar-refractivity contribution in [1.82, 2.24) is 0 Å². The first-order valence-electron chi connectivity index (χ1n) is 15.4. The van der Waals surface area contributed by atoms with Crippen LogP contribution in [-0.4, -0.2) is 56.9 Å². The summed E-state index contributed by atoms with van der Waals surface area (Å²) in [6.45, 7) is 4.05. The summed E-state index contributed by atoms with van der Waals surface area (Å²) in [6.07, 6.45) is 10.1. The van der Waals surface area contributed by atoms with Crippen LogP contribution < -0.4 is 10.4 Å². The van der Waals surface area contributed by atoms with Gasteiger partial charge in [-0.25, -0.2) is 4.79 Å². The molecule has 230 valence electrons. The van der Waals surface area contributed by atoms with Gasteiger partial charge in [-0.3, -0.25) is 4.79 Å². The van der Waals surface area contributed by atoms with E-state index in [2.05, 4.69) is 6.92 Å². The van der Waals surface area contributed by atoms with E-state index in [4.69, 9.17) is 13.9 Å². The molecule has 41 heavy (non-hydrogen) atoms. The van der Waals surface area contributed by atoms with Crippen LogP contribution in [0.3, 0.4) is 0 Å². The zero-order valence-electron chi connectivity index (χ0n) is 24.6. The van der Waals surface area contributed by atoms with Gasteiger partial charge in [0.15, 0.2) is 5.12 Å². The average Bonchev–Trinajstić information content (AvgIpc) is 2.94. The Morgan fingerprint density at radius 2 is 1.46 bits per heavy atom. The molecule has 1 aliphatic rings. The van der Waals surface area contributed by atoms with E-state index >= 15 is 0 Å². The van der Waals surface area contributed by atoms with Crippen LogP contribution >= 0.6 is 11.8 Å². The van der Waals surface area contributed by atoms with Gasteiger partial charge in [0.1, 0.15) is 29.6 Å². The molecule has 0 amide bonds. The fourth-order valence-corrected chi connectivity index (χ4v) is 6.11. The number of rotatable bonds is 18. The number of unbranched alkanes of at least 4 members (excludes halogenated alkanes) is 12. The lowest BCUT2D eigenvalue weighted by Gasteiger charge is -2.40. The van der Waals surface area contributed by atoms with Crippen molar-refractivity contribution in [2.45, 2.75) is 134 Å². The van der Waals surface area contributed by atoms with Crippen LogP contribution in [-0.2, 0) is 9.53 Å². The number of fused-ring (bicyclic) bond motifs is 1. The second kappa shape index (κ2) is 17.9. The van der Waals surface area contributed by atoms with Crippen LogP contribution in [0.4, 0.5) is 0 Å². The van der Waals surface area contributed by atoms with Crippen LogP contribution in [0.5, 0.6) is 5.75 Å². The molecule has 9 heteroatoms. The molecule has 1 aromatic heterocycles. The Kier molecular flexibility index (Phi) is 14.7. The van der Waals surface area contributed by atoms with Gasteiger partial charge >= 0.3 is 5.63 Å². The van der Waals surface area contributed by atoms with Crippen molar-refractivity contribution in [3.63, 3.8) is 0 Å². The first kappa shape index (κ1) is 33.6. The van der Waals surface area contributed by atoms with Crippen LogP contribution in [0, 0.1) is 6.92 Å². The maximum absolute atomic E-state index is 12.4. The maximum Gasteiger partial charge on any atom is 0.336 e. The molecule has 1 aromatic carbocycles. The highest BCUT2D eigenvalue weighted by atomic mass is 32.2. The van der Waals surface area contributed by atoms with Crippen molar-refractivity contribution in [2.24, 2.45) is 0 Å². The number of benzene rings is 1. The van der Waals surface area contributed by atoms with E-state index in [9.17, 15) is 24.9 Å². The molecule has 0 aliphatic carbocycles. The van der Waals surface area contributed by atoms with E-state index in [1.54, 1.807) is 19.1 Å². The third-order valence-electron chi connectivity index (χ3n) is 7.74. The summed E-state index contributed by atoms with van der Waals surface area (Å²) in [6, 6.07) is 6.29. The van der Waals surface area contributed by atoms with Crippen molar-refractivity contribution < 1.29 is 34.0 Å². The number of hydrogen-bond donors (Lipinski definition) is 3. The summed E-state index contributed by atoms with van der Waals surface area (Å²) in [7, 11) is 0. The van der Waals surface area contributed by atoms with Gasteiger partial charge in [0.05, 0.1) is 6.10 Å². The predicted molar refractivity (Wildman–Crippen MR) is 162 cm³/mol. The highest BCUT2D eigenvalue weighted by Gasteiger charge is 2.45. The fourth-order valence-electron chi connectivity index (χ4n) is 5.20. The maximum atomic E-state index is 12.4. The van der Waals surface area contributed by atoms with Crippen molar-refractivity contribution >= 4 is 27.8 Å². The third kappa shape index (κ3) is 11.0. The van der Waals surface area contributed by atoms with E-state index < -0.39 is 36.3 Å². The van der Waals surface area contributed by atoms with Gasteiger partial charge in [0.2, 0.25) is 6.29 Å². The van der Waals surface area contributed by atoms with E-state index in [-0.39, 0.29) is 16.6 Å². The normalized spacial score (nSPS) is 22.7. The second-order valence-electron chi connectivity index (χ2n) is 11.2. The zero-order valence-corrected chi connectivity index (χ0v) is 25.4. The Morgan fingerprint density at radius 1 is 0.854 bits per heavy atom. The van der Waals surface area contributed by atoms with Gasteiger partial charge in [-0.05, 0) is 31.0 Å². The Labute approximate surface area is 247 Å². The number of carbonyl (C=O) groups excluding carboxylic acids is 1. The van der Waals surface area contributed by atoms with Crippen molar-refractivity contribution in [3.8, 4) is 5.75 Å². The minimum atomic E-state index is -1.51. The Morgan fingerprint density at radius 3 is 2.10 bits per heavy atom. The minimum absolute atomic E-state index is 0.0156. The predicted octanol–water partition coefficient (Wildman–Crippen LogP) is 6.03. The number of aliphatic hydroxyl groups excluding tert-OH is 3. The molecule has 2 aromatic rings. The first-order valence-corrected chi connectivity index (χ1v) is 16.3. The molecule has 2 heterocycles. The lowest BCUT2D eigenvalue weighted by molar-refractivity contribution is -0.267. The molecule has 3 N–H and O–H groups in total. The van der Waals surface area contributed by atoms with Gasteiger partial charge in [0, 0.05) is 29.7 Å². The lowest BCUT2D eigenvalue weighted by atomic mass is 10.00. The largest absolute Gasteiger partial charge is 0.462 e. The Bertz CT molecular complexity index is 1120. The molecule has 0 spiro atoms. The van der Waals surface area contributed by atoms with E-state index in [1.807, 2.05) is 0 Å². The SMILES string of the molecule is CCCCCCCCCCCCCCCC(=O)SCC1O[C@@H](Oc2ccc3c(C)cc(=O)oc3c2)C(O)C(O)[C@H]1O. The quantitative estimate of drug-likeness (QED) is 0.140. The molecular weight excluding hydrogens is 544 g/mol. The monoisotopic (exact) mass is 592 g/mol. The van der Waals surface area contributed by atoms with Crippen molar-refractivity contribution in [2.75, 3.05) is 5.75 Å². The molecule has 1 saturated heterocycles. The molecule has 1 fully saturated rings. The molecule has 1 aliphatic heterocycles. The van der Waals surface area contributed by atoms with E-state index in [0.29, 0.717) is 12.0 Å². The molecule has 0 saturated carbocycles. The molecule has 3 rings (SSSR count). The van der Waals surface area contributed by atoms with Gasteiger partial charge in [-0.15, -0.1) is 0 Å². The summed E-state index contributed by atoms with van der Waals surface area (Å²) in [5.41, 5.74) is 0.598. The number of ether oxygens (including phenoxy) is 2. The van der Waals surface area contributed by atoms with E-state index in [0.717, 1.165) is 42.0 Å². The van der Waals surface area contributed by atoms with E-state index in [1.165, 1.54) is 76.3 Å². The number of hydrogen-bond acceptors (Lipinski definition) is 9.